The standard InChI is InChI=1S/C26H16F6N4O4/c27-25(28,29)21(33-39-23(37)35-13-1-2-14-35)19-9-5-17(6-10-19)18-7-11-20(12-8-18)22(26(30,31)32)34-40-24(38)36-15-3-4-16-36/h1-16H/b33-21-,34-22-. The van der Waals surface area contributed by atoms with Crippen molar-refractivity contribution in [2.45, 2.75) is 12.4 Å². The molecule has 206 valence electrons. The first kappa shape index (κ1) is 27.9. The van der Waals surface area contributed by atoms with Crippen molar-refractivity contribution < 1.29 is 45.6 Å². The maximum Gasteiger partial charge on any atom is 0.444 e. The zero-order valence-corrected chi connectivity index (χ0v) is 19.9. The smallest absolute Gasteiger partial charge is 0.297 e. The SMILES string of the molecule is O=C(O/N=C(/c1ccc(-c2ccc(/C(=N/OC(=O)n3cccc3)C(F)(F)F)cc2)cc1)C(F)(F)F)n1cccc1. The molecule has 0 bridgehead atoms. The van der Waals surface area contributed by atoms with E-state index in [9.17, 15) is 35.9 Å². The number of alkyl halides is 6. The van der Waals surface area contributed by atoms with Gasteiger partial charge in [-0.3, -0.25) is 18.8 Å². The van der Waals surface area contributed by atoms with E-state index in [1.54, 1.807) is 0 Å². The number of nitrogens with zero attached hydrogens (tertiary/aromatic N) is 4. The molecule has 40 heavy (non-hydrogen) atoms. The number of hydrogen-bond acceptors (Lipinski definition) is 6. The van der Waals surface area contributed by atoms with Gasteiger partial charge in [0.2, 0.25) is 0 Å². The number of carbonyl (C=O) groups is 2. The van der Waals surface area contributed by atoms with Gasteiger partial charge in [-0.1, -0.05) is 58.8 Å². The second-order valence-corrected chi connectivity index (χ2v) is 7.93. The number of rotatable bonds is 5. The second kappa shape index (κ2) is 11.3. The molecule has 8 nitrogen and oxygen atoms in total. The highest BCUT2D eigenvalue weighted by molar-refractivity contribution is 6.05. The van der Waals surface area contributed by atoms with Crippen LogP contribution in [0.25, 0.3) is 11.1 Å². The quantitative estimate of drug-likeness (QED) is 0.115. The number of carbonyl (C=O) groups excluding carboxylic acids is 2. The van der Waals surface area contributed by atoms with Gasteiger partial charge in [-0.25, -0.2) is 9.59 Å². The predicted molar refractivity (Wildman–Crippen MR) is 130 cm³/mol. The molecule has 0 amide bonds. The Bertz CT molecular complexity index is 1400. The number of hydrogen-bond donors (Lipinski definition) is 0. The van der Waals surface area contributed by atoms with E-state index in [1.165, 1.54) is 73.3 Å². The lowest BCUT2D eigenvalue weighted by molar-refractivity contribution is -0.0612. The van der Waals surface area contributed by atoms with E-state index in [4.69, 9.17) is 0 Å². The van der Waals surface area contributed by atoms with Crippen LogP contribution in [0.3, 0.4) is 0 Å². The van der Waals surface area contributed by atoms with E-state index in [2.05, 4.69) is 20.0 Å². The van der Waals surface area contributed by atoms with Crippen molar-refractivity contribution in [1.82, 2.24) is 9.13 Å². The summed E-state index contributed by atoms with van der Waals surface area (Å²) in [7, 11) is 0. The number of benzene rings is 2. The number of aromatic nitrogens is 2. The highest BCUT2D eigenvalue weighted by Crippen LogP contribution is 2.28. The third-order valence-electron chi connectivity index (χ3n) is 5.25. The van der Waals surface area contributed by atoms with E-state index in [1.807, 2.05) is 0 Å². The Hall–Kier alpha value is -5.14. The minimum atomic E-state index is -4.96. The molecule has 0 spiro atoms. The van der Waals surface area contributed by atoms with E-state index in [0.717, 1.165) is 33.4 Å². The van der Waals surface area contributed by atoms with Crippen molar-refractivity contribution in [1.29, 1.82) is 0 Å². The summed E-state index contributed by atoms with van der Waals surface area (Å²) in [5.74, 6) is 0. The van der Waals surface area contributed by atoms with Gasteiger partial charge in [0.15, 0.2) is 11.4 Å². The Balaban J connectivity index is 1.53. The van der Waals surface area contributed by atoms with Crippen molar-refractivity contribution in [3.63, 3.8) is 0 Å². The Morgan fingerprint density at radius 2 is 0.850 bits per heavy atom. The minimum absolute atomic E-state index is 0.366. The first-order valence-corrected chi connectivity index (χ1v) is 11.1. The summed E-state index contributed by atoms with van der Waals surface area (Å²) in [6.07, 6.45) is -7.14. The third-order valence-corrected chi connectivity index (χ3v) is 5.25. The number of oxime groups is 2. The molecule has 14 heteroatoms. The summed E-state index contributed by atoms with van der Waals surface area (Å²) in [4.78, 5) is 32.5. The van der Waals surface area contributed by atoms with Gasteiger partial charge in [0.05, 0.1) is 0 Å². The molecule has 0 saturated heterocycles. The van der Waals surface area contributed by atoms with Crippen molar-refractivity contribution in [2.24, 2.45) is 10.3 Å². The topological polar surface area (TPSA) is 87.2 Å². The molecule has 2 aromatic carbocycles. The largest absolute Gasteiger partial charge is 0.444 e. The molecule has 4 aromatic rings. The van der Waals surface area contributed by atoms with Crippen LogP contribution in [0.1, 0.15) is 11.1 Å². The van der Waals surface area contributed by atoms with E-state index >= 15 is 0 Å². The van der Waals surface area contributed by atoms with Crippen LogP contribution in [0.5, 0.6) is 0 Å². The molecular weight excluding hydrogens is 546 g/mol. The maximum absolute atomic E-state index is 13.6. The van der Waals surface area contributed by atoms with Crippen LogP contribution in [0, 0.1) is 0 Å². The Kier molecular flexibility index (Phi) is 7.88. The highest BCUT2D eigenvalue weighted by atomic mass is 19.4. The van der Waals surface area contributed by atoms with E-state index in [-0.39, 0.29) is 0 Å². The number of halogens is 6. The predicted octanol–water partition coefficient (Wildman–Crippen LogP) is 6.86. The van der Waals surface area contributed by atoms with Gasteiger partial charge in [0.1, 0.15) is 0 Å². The first-order valence-electron chi connectivity index (χ1n) is 11.1. The highest BCUT2D eigenvalue weighted by Gasteiger charge is 2.39. The molecule has 0 aliphatic heterocycles. The summed E-state index contributed by atoms with van der Waals surface area (Å²) in [5, 5.41) is 5.98. The van der Waals surface area contributed by atoms with Crippen molar-refractivity contribution in [3.05, 3.63) is 109 Å². The Morgan fingerprint density at radius 3 is 1.12 bits per heavy atom. The lowest BCUT2D eigenvalue weighted by Crippen LogP contribution is -2.25. The molecule has 4 rings (SSSR count). The van der Waals surface area contributed by atoms with Crippen LogP contribution in [-0.4, -0.2) is 45.1 Å². The fourth-order valence-corrected chi connectivity index (χ4v) is 3.35. The zero-order valence-electron chi connectivity index (χ0n) is 19.9. The van der Waals surface area contributed by atoms with Crippen LogP contribution >= 0.6 is 0 Å². The van der Waals surface area contributed by atoms with Crippen molar-refractivity contribution in [2.75, 3.05) is 0 Å². The Morgan fingerprint density at radius 1 is 0.550 bits per heavy atom. The minimum Gasteiger partial charge on any atom is -0.297 e. The van der Waals surface area contributed by atoms with Gasteiger partial charge in [-0.15, -0.1) is 0 Å². The Labute approximate surface area is 221 Å². The molecule has 2 heterocycles. The molecule has 0 fully saturated rings. The molecule has 0 saturated carbocycles. The fourth-order valence-electron chi connectivity index (χ4n) is 3.35. The average Bonchev–Trinajstić information content (AvgIpc) is 3.63. The van der Waals surface area contributed by atoms with Crippen molar-refractivity contribution in [3.8, 4) is 11.1 Å². The first-order chi connectivity index (χ1) is 18.9. The van der Waals surface area contributed by atoms with Gasteiger partial charge in [0.25, 0.3) is 0 Å². The summed E-state index contributed by atoms with van der Waals surface area (Å²) in [6.45, 7) is 0. The molecule has 0 N–H and O–H groups in total. The lowest BCUT2D eigenvalue weighted by atomic mass is 10.00. The van der Waals surface area contributed by atoms with Crippen LogP contribution in [-0.2, 0) is 9.68 Å². The van der Waals surface area contributed by atoms with Gasteiger partial charge in [0, 0.05) is 35.9 Å². The van der Waals surface area contributed by atoms with E-state index < -0.39 is 47.1 Å². The van der Waals surface area contributed by atoms with Crippen LogP contribution in [0.15, 0.2) is 108 Å². The van der Waals surface area contributed by atoms with E-state index in [0.29, 0.717) is 11.1 Å². The fraction of sp³-hybridized carbons (Fsp3) is 0.0769. The van der Waals surface area contributed by atoms with Crippen LogP contribution < -0.4 is 0 Å². The monoisotopic (exact) mass is 562 g/mol. The third kappa shape index (κ3) is 6.64. The summed E-state index contributed by atoms with van der Waals surface area (Å²) >= 11 is 0. The molecule has 0 radical (unpaired) electrons. The lowest BCUT2D eigenvalue weighted by Gasteiger charge is -2.12. The van der Waals surface area contributed by atoms with Crippen LogP contribution in [0.4, 0.5) is 35.9 Å². The molecular formula is C26H16F6N4O4. The maximum atomic E-state index is 13.6. The molecule has 2 aromatic heterocycles. The van der Waals surface area contributed by atoms with Crippen molar-refractivity contribution >= 4 is 23.6 Å². The summed E-state index contributed by atoms with van der Waals surface area (Å²) in [6, 6.07) is 15.3. The van der Waals surface area contributed by atoms with Gasteiger partial charge in [-0.2, -0.15) is 26.3 Å². The molecule has 0 aliphatic carbocycles. The molecule has 0 atom stereocenters. The normalized spacial score (nSPS) is 12.8. The van der Waals surface area contributed by atoms with Gasteiger partial charge >= 0.3 is 24.5 Å². The van der Waals surface area contributed by atoms with Gasteiger partial charge in [-0.05, 0) is 35.4 Å². The van der Waals surface area contributed by atoms with Gasteiger partial charge < -0.3 is 0 Å². The van der Waals surface area contributed by atoms with Crippen LogP contribution in [0.2, 0.25) is 0 Å². The second-order valence-electron chi connectivity index (χ2n) is 7.93. The summed E-state index contributed by atoms with van der Waals surface area (Å²) < 4.78 is 83.2. The zero-order chi connectivity index (χ0) is 28.9. The molecule has 0 unspecified atom stereocenters. The summed E-state index contributed by atoms with van der Waals surface area (Å²) in [5.41, 5.74) is -3.02. The molecule has 0 aliphatic rings. The average molecular weight is 562 g/mol.